The molecule has 7 heteroatoms. The number of carbonyl (C=O) groups excluding carboxylic acids is 1. The molecule has 0 radical (unpaired) electrons. The van der Waals surface area contributed by atoms with Crippen molar-refractivity contribution in [1.29, 1.82) is 0 Å². The van der Waals surface area contributed by atoms with Gasteiger partial charge in [0.25, 0.3) is 11.8 Å². The summed E-state index contributed by atoms with van der Waals surface area (Å²) in [5, 5.41) is 6.99. The molecule has 4 rings (SSSR count). The van der Waals surface area contributed by atoms with E-state index >= 15 is 0 Å². The molecule has 0 bridgehead atoms. The Balaban J connectivity index is 1.41. The second kappa shape index (κ2) is 8.28. The topological polar surface area (TPSA) is 71.3 Å². The monoisotopic (exact) mass is 404 g/mol. The Kier molecular flexibility index (Phi) is 5.39. The zero-order valence-electron chi connectivity index (χ0n) is 16.1. The maximum Gasteiger partial charge on any atom is 0.261 e. The summed E-state index contributed by atoms with van der Waals surface area (Å²) in [4.78, 5) is 20.4. The molecule has 0 saturated carbocycles. The van der Waals surface area contributed by atoms with Crippen LogP contribution in [0.2, 0.25) is 0 Å². The molecule has 0 fully saturated rings. The maximum atomic E-state index is 12.5. The van der Waals surface area contributed by atoms with Crippen LogP contribution < -0.4 is 10.2 Å². The molecule has 0 spiro atoms. The fourth-order valence-corrected chi connectivity index (χ4v) is 3.63. The molecule has 4 aromatic rings. The quantitative estimate of drug-likeness (QED) is 0.514. The minimum Gasteiger partial charge on any atom is -0.378 e. The first-order chi connectivity index (χ1) is 14.1. The van der Waals surface area contributed by atoms with Crippen LogP contribution in [0.25, 0.3) is 22.2 Å². The van der Waals surface area contributed by atoms with Crippen molar-refractivity contribution in [1.82, 2.24) is 15.5 Å². The van der Waals surface area contributed by atoms with Gasteiger partial charge in [0, 0.05) is 31.9 Å². The summed E-state index contributed by atoms with van der Waals surface area (Å²) < 4.78 is 5.35. The average Bonchev–Trinajstić information content (AvgIpc) is 3.43. The van der Waals surface area contributed by atoms with Gasteiger partial charge in [-0.15, -0.1) is 11.3 Å². The smallest absolute Gasteiger partial charge is 0.261 e. The average molecular weight is 404 g/mol. The summed E-state index contributed by atoms with van der Waals surface area (Å²) in [5.74, 6) is 0.818. The van der Waals surface area contributed by atoms with Crippen molar-refractivity contribution < 1.29 is 9.32 Å². The Morgan fingerprint density at radius 3 is 2.52 bits per heavy atom. The highest BCUT2D eigenvalue weighted by molar-refractivity contribution is 7.17. The molecule has 1 amide bonds. The van der Waals surface area contributed by atoms with Crippen molar-refractivity contribution in [3.05, 3.63) is 77.2 Å². The van der Waals surface area contributed by atoms with Gasteiger partial charge in [-0.2, -0.15) is 4.98 Å². The highest BCUT2D eigenvalue weighted by atomic mass is 32.1. The van der Waals surface area contributed by atoms with Crippen LogP contribution in [0.3, 0.4) is 0 Å². The van der Waals surface area contributed by atoms with Crippen molar-refractivity contribution in [2.24, 2.45) is 0 Å². The second-order valence-corrected chi connectivity index (χ2v) is 7.78. The van der Waals surface area contributed by atoms with Crippen LogP contribution in [-0.2, 0) is 6.54 Å². The molecule has 6 nitrogen and oxygen atoms in total. The van der Waals surface area contributed by atoms with E-state index in [1.54, 1.807) is 6.07 Å². The molecule has 0 aliphatic heterocycles. The van der Waals surface area contributed by atoms with E-state index < -0.39 is 0 Å². The van der Waals surface area contributed by atoms with Crippen molar-refractivity contribution in [3.8, 4) is 22.2 Å². The number of nitrogens with one attached hydrogen (secondary N) is 1. The number of amides is 1. The number of hydrogen-bond donors (Lipinski definition) is 1. The number of aromatic nitrogens is 2. The van der Waals surface area contributed by atoms with Crippen LogP contribution in [0.15, 0.2) is 71.3 Å². The normalized spacial score (nSPS) is 10.7. The minimum absolute atomic E-state index is 0.121. The van der Waals surface area contributed by atoms with Crippen LogP contribution >= 0.6 is 11.3 Å². The molecule has 0 aliphatic carbocycles. The third kappa shape index (κ3) is 4.35. The summed E-state index contributed by atoms with van der Waals surface area (Å²) in [7, 11) is 4.00. The van der Waals surface area contributed by atoms with Gasteiger partial charge in [0.15, 0.2) is 0 Å². The van der Waals surface area contributed by atoms with Crippen LogP contribution in [0.4, 0.5) is 5.69 Å². The first kappa shape index (κ1) is 18.9. The maximum absolute atomic E-state index is 12.5. The molecule has 0 atom stereocenters. The van der Waals surface area contributed by atoms with E-state index in [-0.39, 0.29) is 5.91 Å². The Morgan fingerprint density at radius 2 is 1.79 bits per heavy atom. The largest absolute Gasteiger partial charge is 0.378 e. The van der Waals surface area contributed by atoms with E-state index in [1.165, 1.54) is 11.3 Å². The van der Waals surface area contributed by atoms with E-state index in [1.807, 2.05) is 79.7 Å². The molecule has 2 heterocycles. The van der Waals surface area contributed by atoms with E-state index in [0.29, 0.717) is 23.1 Å². The third-order valence-electron chi connectivity index (χ3n) is 4.40. The molecule has 146 valence electrons. The molecular weight excluding hydrogens is 384 g/mol. The van der Waals surface area contributed by atoms with Gasteiger partial charge in [-0.1, -0.05) is 35.5 Å². The molecule has 2 aromatic carbocycles. The number of anilines is 1. The van der Waals surface area contributed by atoms with Crippen LogP contribution in [-0.4, -0.2) is 30.1 Å². The summed E-state index contributed by atoms with van der Waals surface area (Å²) in [6.45, 7) is 0.472. The number of nitrogens with zero attached hydrogens (tertiary/aromatic N) is 3. The van der Waals surface area contributed by atoms with Crippen LogP contribution in [0, 0.1) is 0 Å². The Morgan fingerprint density at radius 1 is 1.03 bits per heavy atom. The standard InChI is InChI=1S/C22H20N4O2S/c1-26(2)17-10-8-15(9-11-17)14-23-21(27)19-13-12-18(29-19)20-24-22(28-25-20)16-6-4-3-5-7-16/h3-13H,14H2,1-2H3,(H,23,27). The molecular formula is C22H20N4O2S. The van der Waals surface area contributed by atoms with Crippen molar-refractivity contribution in [2.75, 3.05) is 19.0 Å². The zero-order chi connectivity index (χ0) is 20.2. The van der Waals surface area contributed by atoms with Gasteiger partial charge >= 0.3 is 0 Å². The highest BCUT2D eigenvalue weighted by Crippen LogP contribution is 2.28. The third-order valence-corrected chi connectivity index (χ3v) is 5.48. The lowest BCUT2D eigenvalue weighted by Gasteiger charge is -2.12. The van der Waals surface area contributed by atoms with E-state index in [4.69, 9.17) is 4.52 Å². The Bertz CT molecular complexity index is 1100. The number of thiophene rings is 1. The molecule has 0 aliphatic rings. The summed E-state index contributed by atoms with van der Waals surface area (Å²) in [5.41, 5.74) is 3.03. The zero-order valence-corrected chi connectivity index (χ0v) is 16.9. The van der Waals surface area contributed by atoms with Gasteiger partial charge in [0.2, 0.25) is 5.82 Å². The van der Waals surface area contributed by atoms with Crippen LogP contribution in [0.1, 0.15) is 15.2 Å². The predicted molar refractivity (Wildman–Crippen MR) is 115 cm³/mol. The van der Waals surface area contributed by atoms with Gasteiger partial charge < -0.3 is 14.7 Å². The van der Waals surface area contributed by atoms with Gasteiger partial charge in [0.05, 0.1) is 9.75 Å². The fraction of sp³-hybridized carbons (Fsp3) is 0.136. The fourth-order valence-electron chi connectivity index (χ4n) is 2.78. The van der Waals surface area contributed by atoms with Crippen molar-refractivity contribution >= 4 is 22.9 Å². The van der Waals surface area contributed by atoms with Gasteiger partial charge in [0.1, 0.15) is 0 Å². The molecule has 0 saturated heterocycles. The Hall–Kier alpha value is -3.45. The van der Waals surface area contributed by atoms with E-state index in [9.17, 15) is 4.79 Å². The van der Waals surface area contributed by atoms with E-state index in [0.717, 1.165) is 21.7 Å². The number of hydrogen-bond acceptors (Lipinski definition) is 6. The lowest BCUT2D eigenvalue weighted by Crippen LogP contribution is -2.21. The number of rotatable bonds is 6. The van der Waals surface area contributed by atoms with Gasteiger partial charge in [-0.05, 0) is 42.0 Å². The van der Waals surface area contributed by atoms with Crippen molar-refractivity contribution in [2.45, 2.75) is 6.54 Å². The second-order valence-electron chi connectivity index (χ2n) is 6.70. The molecule has 0 unspecified atom stereocenters. The number of carbonyl (C=O) groups is 1. The Labute approximate surface area is 172 Å². The first-order valence-corrected chi connectivity index (χ1v) is 9.95. The van der Waals surface area contributed by atoms with Gasteiger partial charge in [-0.3, -0.25) is 4.79 Å². The first-order valence-electron chi connectivity index (χ1n) is 9.14. The minimum atomic E-state index is -0.121. The SMILES string of the molecule is CN(C)c1ccc(CNC(=O)c2ccc(-c3noc(-c4ccccc4)n3)s2)cc1. The summed E-state index contributed by atoms with van der Waals surface area (Å²) in [6.07, 6.45) is 0. The predicted octanol–water partition coefficient (Wildman–Crippen LogP) is 4.46. The summed E-state index contributed by atoms with van der Waals surface area (Å²) >= 11 is 1.34. The summed E-state index contributed by atoms with van der Waals surface area (Å²) in [6, 6.07) is 21.3. The van der Waals surface area contributed by atoms with Crippen molar-refractivity contribution in [3.63, 3.8) is 0 Å². The van der Waals surface area contributed by atoms with E-state index in [2.05, 4.69) is 15.5 Å². The molecule has 2 aromatic heterocycles. The molecule has 29 heavy (non-hydrogen) atoms. The number of benzene rings is 2. The lowest BCUT2D eigenvalue weighted by atomic mass is 10.2. The highest BCUT2D eigenvalue weighted by Gasteiger charge is 2.15. The van der Waals surface area contributed by atoms with Gasteiger partial charge in [-0.25, -0.2) is 0 Å². The lowest BCUT2D eigenvalue weighted by molar-refractivity contribution is 0.0955. The van der Waals surface area contributed by atoms with Crippen LogP contribution in [0.5, 0.6) is 0 Å². The molecule has 1 N–H and O–H groups in total.